The molecule has 6 heteroatoms. The molecule has 0 aromatic rings. The zero-order chi connectivity index (χ0) is 47.9. The van der Waals surface area contributed by atoms with Crippen molar-refractivity contribution in [2.75, 3.05) is 13.2 Å². The SMILES string of the molecule is CC/C=C\C/C=C\C/C=C\CCCCCCCCCC(=O)OC(COC(=O)CCCCCCC/C=C\C/C=C\CCC)COC(=O)CCCCCCCCC/C=C\CCCCCCCCC. The summed E-state index contributed by atoms with van der Waals surface area (Å²) in [6.45, 7) is 6.45. The molecule has 1 unspecified atom stereocenters. The topological polar surface area (TPSA) is 78.9 Å². The molecule has 0 bridgehead atoms. The van der Waals surface area contributed by atoms with Crippen LogP contribution in [-0.2, 0) is 28.6 Å². The Labute approximate surface area is 408 Å². The first-order chi connectivity index (χ1) is 32.5. The smallest absolute Gasteiger partial charge is 0.306 e. The molecule has 0 aliphatic rings. The molecule has 380 valence electrons. The molecule has 0 saturated heterocycles. The molecular formula is C60H104O6. The van der Waals surface area contributed by atoms with Gasteiger partial charge in [-0.1, -0.05) is 222 Å². The van der Waals surface area contributed by atoms with Crippen molar-refractivity contribution in [3.8, 4) is 0 Å². The molecule has 0 aliphatic heterocycles. The van der Waals surface area contributed by atoms with E-state index in [4.69, 9.17) is 14.2 Å². The Morgan fingerprint density at radius 2 is 0.621 bits per heavy atom. The normalized spacial score (nSPS) is 12.6. The van der Waals surface area contributed by atoms with E-state index in [2.05, 4.69) is 93.7 Å². The van der Waals surface area contributed by atoms with Gasteiger partial charge in [-0.25, -0.2) is 0 Å². The van der Waals surface area contributed by atoms with E-state index in [0.29, 0.717) is 19.3 Å². The molecule has 66 heavy (non-hydrogen) atoms. The van der Waals surface area contributed by atoms with Crippen molar-refractivity contribution < 1.29 is 28.6 Å². The highest BCUT2D eigenvalue weighted by atomic mass is 16.6. The molecule has 1 atom stereocenters. The predicted molar refractivity (Wildman–Crippen MR) is 284 cm³/mol. The van der Waals surface area contributed by atoms with Gasteiger partial charge in [0.05, 0.1) is 0 Å². The first kappa shape index (κ1) is 62.8. The number of unbranched alkanes of at least 4 members (excludes halogenated alkanes) is 27. The Balaban J connectivity index is 4.39. The third-order valence-electron chi connectivity index (χ3n) is 11.9. The van der Waals surface area contributed by atoms with Crippen molar-refractivity contribution in [3.63, 3.8) is 0 Å². The number of hydrogen-bond donors (Lipinski definition) is 0. The van der Waals surface area contributed by atoms with Gasteiger partial charge in [0.2, 0.25) is 0 Å². The monoisotopic (exact) mass is 921 g/mol. The lowest BCUT2D eigenvalue weighted by Gasteiger charge is -2.18. The predicted octanol–water partition coefficient (Wildman–Crippen LogP) is 18.6. The summed E-state index contributed by atoms with van der Waals surface area (Å²) in [6.07, 6.45) is 68.9. The lowest BCUT2D eigenvalue weighted by Crippen LogP contribution is -2.30. The number of carbonyl (C=O) groups excluding carboxylic acids is 3. The first-order valence-corrected chi connectivity index (χ1v) is 27.9. The van der Waals surface area contributed by atoms with Crippen LogP contribution in [-0.4, -0.2) is 37.2 Å². The zero-order valence-electron chi connectivity index (χ0n) is 43.4. The van der Waals surface area contributed by atoms with Gasteiger partial charge >= 0.3 is 17.9 Å². The Hall–Kier alpha value is -3.15. The van der Waals surface area contributed by atoms with Crippen molar-refractivity contribution in [1.29, 1.82) is 0 Å². The summed E-state index contributed by atoms with van der Waals surface area (Å²) in [4.78, 5) is 38.1. The van der Waals surface area contributed by atoms with Crippen LogP contribution in [0.1, 0.15) is 271 Å². The molecule has 0 saturated carbocycles. The average Bonchev–Trinajstić information content (AvgIpc) is 3.31. The first-order valence-electron chi connectivity index (χ1n) is 27.9. The quantitative estimate of drug-likeness (QED) is 0.0262. The van der Waals surface area contributed by atoms with Crippen molar-refractivity contribution in [2.24, 2.45) is 0 Å². The summed E-state index contributed by atoms with van der Waals surface area (Å²) in [7, 11) is 0. The summed E-state index contributed by atoms with van der Waals surface area (Å²) in [5.41, 5.74) is 0. The zero-order valence-corrected chi connectivity index (χ0v) is 43.4. The van der Waals surface area contributed by atoms with Crippen molar-refractivity contribution >= 4 is 17.9 Å². The summed E-state index contributed by atoms with van der Waals surface area (Å²) in [6, 6.07) is 0. The van der Waals surface area contributed by atoms with Crippen LogP contribution in [0, 0.1) is 0 Å². The third-order valence-corrected chi connectivity index (χ3v) is 11.9. The number of rotatable bonds is 50. The number of ether oxygens (including phenoxy) is 3. The second-order valence-corrected chi connectivity index (χ2v) is 18.5. The van der Waals surface area contributed by atoms with Crippen LogP contribution >= 0.6 is 0 Å². The molecule has 0 amide bonds. The van der Waals surface area contributed by atoms with Crippen LogP contribution in [0.4, 0.5) is 0 Å². The van der Waals surface area contributed by atoms with E-state index in [0.717, 1.165) is 116 Å². The van der Waals surface area contributed by atoms with E-state index in [9.17, 15) is 14.4 Å². The van der Waals surface area contributed by atoms with Crippen LogP contribution < -0.4 is 0 Å². The van der Waals surface area contributed by atoms with Crippen LogP contribution in [0.25, 0.3) is 0 Å². The fourth-order valence-corrected chi connectivity index (χ4v) is 7.72. The molecule has 0 aromatic heterocycles. The van der Waals surface area contributed by atoms with E-state index >= 15 is 0 Å². The summed E-state index contributed by atoms with van der Waals surface area (Å²) >= 11 is 0. The van der Waals surface area contributed by atoms with Crippen LogP contribution in [0.15, 0.2) is 72.9 Å². The largest absolute Gasteiger partial charge is 0.462 e. The van der Waals surface area contributed by atoms with Gasteiger partial charge in [-0.3, -0.25) is 14.4 Å². The molecule has 0 spiro atoms. The molecule has 0 N–H and O–H groups in total. The number of allylic oxidation sites excluding steroid dienone is 12. The highest BCUT2D eigenvalue weighted by Crippen LogP contribution is 2.15. The summed E-state index contributed by atoms with van der Waals surface area (Å²) < 4.78 is 16.8. The van der Waals surface area contributed by atoms with Gasteiger partial charge in [-0.15, -0.1) is 0 Å². The Morgan fingerprint density at radius 1 is 0.318 bits per heavy atom. The second kappa shape index (κ2) is 54.5. The lowest BCUT2D eigenvalue weighted by atomic mass is 10.1. The fraction of sp³-hybridized carbons (Fsp3) is 0.750. The van der Waals surface area contributed by atoms with Gasteiger partial charge in [-0.05, 0) is 103 Å². The van der Waals surface area contributed by atoms with E-state index < -0.39 is 6.10 Å². The maximum absolute atomic E-state index is 12.8. The lowest BCUT2D eigenvalue weighted by molar-refractivity contribution is -0.167. The molecule has 0 rings (SSSR count). The summed E-state index contributed by atoms with van der Waals surface area (Å²) in [5.74, 6) is -0.909. The standard InChI is InChI=1S/C60H104O6/c1-4-7-10-13-16-19-22-25-27-29-31-32-35-38-41-44-47-50-53-59(62)65-56-57(55-64-58(61)52-49-46-43-40-37-34-24-21-18-15-12-9-6-3)66-60(63)54-51-48-45-42-39-36-33-30-28-26-23-20-17-14-11-8-5-2/h8,11-12,15,17,20-21,24,26-29,57H,4-7,9-10,13-14,16,18-19,22-23,25,30-56H2,1-3H3/b11-8-,15-12-,20-17-,24-21-,28-26-,29-27-. The minimum absolute atomic E-state index is 0.0860. The van der Waals surface area contributed by atoms with Crippen LogP contribution in [0.2, 0.25) is 0 Å². The van der Waals surface area contributed by atoms with Gasteiger partial charge in [0.25, 0.3) is 0 Å². The van der Waals surface area contributed by atoms with E-state index in [-0.39, 0.29) is 31.1 Å². The minimum Gasteiger partial charge on any atom is -0.462 e. The van der Waals surface area contributed by atoms with Gasteiger partial charge < -0.3 is 14.2 Å². The van der Waals surface area contributed by atoms with Crippen LogP contribution in [0.5, 0.6) is 0 Å². The molecule has 0 radical (unpaired) electrons. The average molecular weight is 921 g/mol. The van der Waals surface area contributed by atoms with Crippen LogP contribution in [0.3, 0.4) is 0 Å². The highest BCUT2D eigenvalue weighted by Gasteiger charge is 2.19. The minimum atomic E-state index is -0.788. The highest BCUT2D eigenvalue weighted by molar-refractivity contribution is 5.71. The van der Waals surface area contributed by atoms with E-state index in [1.165, 1.54) is 116 Å². The van der Waals surface area contributed by atoms with Gasteiger partial charge in [0, 0.05) is 19.3 Å². The maximum Gasteiger partial charge on any atom is 0.306 e. The summed E-state index contributed by atoms with van der Waals surface area (Å²) in [5, 5.41) is 0. The molecule has 0 aromatic carbocycles. The molecule has 0 heterocycles. The van der Waals surface area contributed by atoms with Gasteiger partial charge in [0.1, 0.15) is 13.2 Å². The second-order valence-electron chi connectivity index (χ2n) is 18.5. The number of carbonyl (C=O) groups is 3. The van der Waals surface area contributed by atoms with Crippen molar-refractivity contribution in [1.82, 2.24) is 0 Å². The number of hydrogen-bond acceptors (Lipinski definition) is 6. The van der Waals surface area contributed by atoms with Gasteiger partial charge in [-0.2, -0.15) is 0 Å². The molecule has 0 fully saturated rings. The van der Waals surface area contributed by atoms with E-state index in [1.807, 2.05) is 0 Å². The molecule has 0 aliphatic carbocycles. The Bertz CT molecular complexity index is 1240. The Morgan fingerprint density at radius 3 is 1.00 bits per heavy atom. The maximum atomic E-state index is 12.8. The third kappa shape index (κ3) is 51.8. The Kier molecular flexibility index (Phi) is 51.9. The van der Waals surface area contributed by atoms with Gasteiger partial charge in [0.15, 0.2) is 6.10 Å². The van der Waals surface area contributed by atoms with E-state index in [1.54, 1.807) is 0 Å². The fourth-order valence-electron chi connectivity index (χ4n) is 7.72. The molecule has 6 nitrogen and oxygen atoms in total. The van der Waals surface area contributed by atoms with Crippen molar-refractivity contribution in [2.45, 2.75) is 277 Å². The van der Waals surface area contributed by atoms with Crippen molar-refractivity contribution in [3.05, 3.63) is 72.9 Å². The number of esters is 3. The molecular weight excluding hydrogens is 817 g/mol.